The van der Waals surface area contributed by atoms with Crippen molar-refractivity contribution in [1.82, 2.24) is 5.32 Å². The first kappa shape index (κ1) is 14.1. The third-order valence-electron chi connectivity index (χ3n) is 5.22. The summed E-state index contributed by atoms with van der Waals surface area (Å²) in [7, 11) is 0. The van der Waals surface area contributed by atoms with E-state index in [1.807, 2.05) is 0 Å². The van der Waals surface area contributed by atoms with Gasteiger partial charge in [0, 0.05) is 6.04 Å². The summed E-state index contributed by atoms with van der Waals surface area (Å²) in [5.74, 6) is 0.856. The van der Waals surface area contributed by atoms with Crippen molar-refractivity contribution in [2.75, 3.05) is 6.54 Å². The second kappa shape index (κ2) is 6.76. The van der Waals surface area contributed by atoms with Gasteiger partial charge in [-0.1, -0.05) is 44.4 Å². The first-order valence-corrected chi connectivity index (χ1v) is 8.73. The average Bonchev–Trinajstić information content (AvgIpc) is 2.96. The lowest BCUT2D eigenvalue weighted by molar-refractivity contribution is 0.272. The first-order valence-electron chi connectivity index (χ1n) is 8.73. The molecule has 2 aliphatic carbocycles. The highest BCUT2D eigenvalue weighted by Crippen LogP contribution is 2.36. The molecule has 0 radical (unpaired) electrons. The van der Waals surface area contributed by atoms with Gasteiger partial charge in [0.05, 0.1) is 0 Å². The van der Waals surface area contributed by atoms with Crippen LogP contribution in [0, 0.1) is 5.92 Å². The summed E-state index contributed by atoms with van der Waals surface area (Å²) in [4.78, 5) is 0. The van der Waals surface area contributed by atoms with E-state index in [1.54, 1.807) is 16.7 Å². The monoisotopic (exact) mass is 271 g/mol. The van der Waals surface area contributed by atoms with Crippen LogP contribution in [-0.4, -0.2) is 6.54 Å². The third kappa shape index (κ3) is 3.09. The fourth-order valence-electron chi connectivity index (χ4n) is 4.11. The van der Waals surface area contributed by atoms with E-state index in [4.69, 9.17) is 0 Å². The topological polar surface area (TPSA) is 12.0 Å². The molecule has 1 fully saturated rings. The number of benzene rings is 1. The van der Waals surface area contributed by atoms with Gasteiger partial charge in [0.25, 0.3) is 0 Å². The Hall–Kier alpha value is -0.820. The maximum absolute atomic E-state index is 3.85. The summed E-state index contributed by atoms with van der Waals surface area (Å²) < 4.78 is 0. The van der Waals surface area contributed by atoms with Crippen LogP contribution < -0.4 is 5.32 Å². The predicted octanol–water partition coefficient (Wildman–Crippen LogP) is 4.80. The highest BCUT2D eigenvalue weighted by molar-refractivity contribution is 5.36. The Morgan fingerprint density at radius 2 is 1.85 bits per heavy atom. The van der Waals surface area contributed by atoms with Gasteiger partial charge in [0.15, 0.2) is 0 Å². The van der Waals surface area contributed by atoms with Crippen molar-refractivity contribution in [3.63, 3.8) is 0 Å². The molecule has 20 heavy (non-hydrogen) atoms. The summed E-state index contributed by atoms with van der Waals surface area (Å²) in [6.45, 7) is 3.42. The Labute approximate surface area is 124 Å². The normalized spacial score (nSPS) is 20.9. The second-order valence-corrected chi connectivity index (χ2v) is 6.71. The zero-order valence-electron chi connectivity index (χ0n) is 13.0. The van der Waals surface area contributed by atoms with E-state index in [0.717, 1.165) is 12.5 Å². The molecule has 1 nitrogen and oxygen atoms in total. The van der Waals surface area contributed by atoms with Crippen molar-refractivity contribution in [1.29, 1.82) is 0 Å². The Morgan fingerprint density at radius 1 is 1.05 bits per heavy atom. The van der Waals surface area contributed by atoms with Crippen LogP contribution in [0.25, 0.3) is 0 Å². The Bertz CT molecular complexity index is 431. The van der Waals surface area contributed by atoms with Crippen LogP contribution in [0.5, 0.6) is 0 Å². The van der Waals surface area contributed by atoms with Gasteiger partial charge >= 0.3 is 0 Å². The molecular weight excluding hydrogens is 242 g/mol. The third-order valence-corrected chi connectivity index (χ3v) is 5.22. The summed E-state index contributed by atoms with van der Waals surface area (Å²) in [6, 6.07) is 7.93. The highest BCUT2D eigenvalue weighted by Gasteiger charge is 2.25. The fraction of sp³-hybridized carbons (Fsp3) is 0.684. The summed E-state index contributed by atoms with van der Waals surface area (Å²) in [5, 5.41) is 3.85. The molecule has 1 N–H and O–H groups in total. The molecule has 1 atom stereocenters. The van der Waals surface area contributed by atoms with Crippen molar-refractivity contribution in [2.45, 2.75) is 70.8 Å². The maximum atomic E-state index is 3.85. The Morgan fingerprint density at radius 3 is 2.65 bits per heavy atom. The first-order chi connectivity index (χ1) is 9.88. The van der Waals surface area contributed by atoms with E-state index in [1.165, 1.54) is 57.8 Å². The van der Waals surface area contributed by atoms with Gasteiger partial charge in [-0.05, 0) is 67.7 Å². The van der Waals surface area contributed by atoms with Gasteiger partial charge in [0.2, 0.25) is 0 Å². The summed E-state index contributed by atoms with van der Waals surface area (Å²) >= 11 is 0. The van der Waals surface area contributed by atoms with E-state index >= 15 is 0 Å². The molecule has 0 amide bonds. The zero-order valence-corrected chi connectivity index (χ0v) is 13.0. The Balaban J connectivity index is 1.80. The molecule has 3 rings (SSSR count). The van der Waals surface area contributed by atoms with E-state index in [0.29, 0.717) is 6.04 Å². The largest absolute Gasteiger partial charge is 0.310 e. The molecule has 0 bridgehead atoms. The lowest BCUT2D eigenvalue weighted by Crippen LogP contribution is -2.30. The molecule has 110 valence electrons. The van der Waals surface area contributed by atoms with E-state index in [-0.39, 0.29) is 0 Å². The standard InChI is InChI=1S/C19H29N/c1-2-13-20-19(16-7-4-3-5-8-16)18-12-11-15-9-6-10-17(15)14-18/h11-12,14,16,19-20H,2-10,13H2,1H3. The lowest BCUT2D eigenvalue weighted by atomic mass is 9.80. The summed E-state index contributed by atoms with van der Waals surface area (Å²) in [6.07, 6.45) is 12.3. The van der Waals surface area contributed by atoms with Crippen LogP contribution >= 0.6 is 0 Å². The number of hydrogen-bond donors (Lipinski definition) is 1. The van der Waals surface area contributed by atoms with Crippen molar-refractivity contribution >= 4 is 0 Å². The molecule has 1 aromatic carbocycles. The average molecular weight is 271 g/mol. The number of aryl methyl sites for hydroxylation is 2. The van der Waals surface area contributed by atoms with Crippen molar-refractivity contribution in [3.8, 4) is 0 Å². The molecule has 1 unspecified atom stereocenters. The van der Waals surface area contributed by atoms with Gasteiger partial charge in [-0.25, -0.2) is 0 Å². The molecule has 0 aromatic heterocycles. The van der Waals surface area contributed by atoms with Crippen LogP contribution in [-0.2, 0) is 12.8 Å². The molecule has 1 aromatic rings. The molecule has 0 heterocycles. The van der Waals surface area contributed by atoms with Gasteiger partial charge in [-0.3, -0.25) is 0 Å². The molecule has 0 spiro atoms. The van der Waals surface area contributed by atoms with Crippen molar-refractivity contribution in [3.05, 3.63) is 34.9 Å². The molecule has 0 aliphatic heterocycles. The fourth-order valence-corrected chi connectivity index (χ4v) is 4.11. The number of fused-ring (bicyclic) bond motifs is 1. The lowest BCUT2D eigenvalue weighted by Gasteiger charge is -2.32. The van der Waals surface area contributed by atoms with Crippen molar-refractivity contribution in [2.24, 2.45) is 5.92 Å². The van der Waals surface area contributed by atoms with Gasteiger partial charge in [0.1, 0.15) is 0 Å². The minimum Gasteiger partial charge on any atom is -0.310 e. The van der Waals surface area contributed by atoms with Gasteiger partial charge < -0.3 is 5.32 Å². The van der Waals surface area contributed by atoms with Crippen LogP contribution in [0.4, 0.5) is 0 Å². The van der Waals surface area contributed by atoms with Crippen LogP contribution in [0.1, 0.15) is 74.6 Å². The van der Waals surface area contributed by atoms with Gasteiger partial charge in [-0.2, -0.15) is 0 Å². The molecule has 1 saturated carbocycles. The van der Waals surface area contributed by atoms with E-state index < -0.39 is 0 Å². The van der Waals surface area contributed by atoms with Crippen molar-refractivity contribution < 1.29 is 0 Å². The summed E-state index contributed by atoms with van der Waals surface area (Å²) in [5.41, 5.74) is 4.79. The molecule has 1 heteroatoms. The van der Waals surface area contributed by atoms with Crippen LogP contribution in [0.15, 0.2) is 18.2 Å². The minimum absolute atomic E-state index is 0.598. The highest BCUT2D eigenvalue weighted by atomic mass is 14.9. The smallest absolute Gasteiger partial charge is 0.0348 e. The maximum Gasteiger partial charge on any atom is 0.0348 e. The molecular formula is C19H29N. The minimum atomic E-state index is 0.598. The molecule has 2 aliphatic rings. The number of hydrogen-bond acceptors (Lipinski definition) is 1. The predicted molar refractivity (Wildman–Crippen MR) is 86.1 cm³/mol. The van der Waals surface area contributed by atoms with E-state index in [9.17, 15) is 0 Å². The van der Waals surface area contributed by atoms with Crippen LogP contribution in [0.3, 0.4) is 0 Å². The zero-order chi connectivity index (χ0) is 13.8. The number of rotatable bonds is 5. The second-order valence-electron chi connectivity index (χ2n) is 6.71. The Kier molecular flexibility index (Phi) is 4.77. The van der Waals surface area contributed by atoms with Gasteiger partial charge in [-0.15, -0.1) is 0 Å². The number of nitrogens with one attached hydrogen (secondary N) is 1. The van der Waals surface area contributed by atoms with E-state index in [2.05, 4.69) is 30.4 Å². The molecule has 0 saturated heterocycles. The SMILES string of the molecule is CCCNC(c1ccc2c(c1)CCC2)C1CCCCC1. The quantitative estimate of drug-likeness (QED) is 0.811. The van der Waals surface area contributed by atoms with Crippen LogP contribution in [0.2, 0.25) is 0 Å².